The number of benzene rings is 1. The number of aromatic nitrogens is 4. The van der Waals surface area contributed by atoms with Crippen molar-refractivity contribution in [1.82, 2.24) is 25.1 Å². The number of piperazine rings is 1. The molecule has 1 aromatic carbocycles. The monoisotopic (exact) mass is 440 g/mol. The van der Waals surface area contributed by atoms with Crippen LogP contribution in [0, 0.1) is 13.8 Å². The number of nitrogens with zero attached hydrogens (tertiary/aromatic N) is 5. The maximum atomic E-state index is 5.69. The van der Waals surface area contributed by atoms with Crippen molar-refractivity contribution in [3.63, 3.8) is 0 Å². The predicted octanol–water partition coefficient (Wildman–Crippen LogP) is 4.21. The maximum Gasteiger partial charge on any atom is 0.147 e. The topological polar surface area (TPSA) is 70.2 Å². The molecule has 6 rings (SSSR count). The molecule has 2 bridgehead atoms. The standard InChI is InChI=1S/C26H28N6O/c1-15-6-5-7-20(16(15)2)25-22(33-4)11-21-26(28-25)24(30-29-21)17-8-9-23(27-12-17)32-14-18-10-19(32)13-31(18)3/h5-9,11-12,18-19H,10,13-14H2,1-4H3,(H,29,30)/t18-,19-/m0/s1. The molecule has 2 atom stereocenters. The third kappa shape index (κ3) is 3.18. The molecule has 0 amide bonds. The largest absolute Gasteiger partial charge is 0.494 e. The lowest BCUT2D eigenvalue weighted by Gasteiger charge is -2.32. The number of likely N-dealkylation sites (tertiary alicyclic amines) is 1. The first-order valence-corrected chi connectivity index (χ1v) is 11.5. The molecular weight excluding hydrogens is 412 g/mol. The van der Waals surface area contributed by atoms with Crippen LogP contribution in [0.2, 0.25) is 0 Å². The van der Waals surface area contributed by atoms with Gasteiger partial charge in [0.1, 0.15) is 28.5 Å². The van der Waals surface area contributed by atoms with Crippen molar-refractivity contribution in [3.05, 3.63) is 53.7 Å². The Bertz CT molecular complexity index is 1340. The van der Waals surface area contributed by atoms with E-state index in [1.807, 2.05) is 12.3 Å². The minimum absolute atomic E-state index is 0.568. The molecule has 3 aromatic heterocycles. The minimum Gasteiger partial charge on any atom is -0.494 e. The lowest BCUT2D eigenvalue weighted by Crippen LogP contribution is -2.44. The summed E-state index contributed by atoms with van der Waals surface area (Å²) in [5.74, 6) is 1.78. The number of rotatable bonds is 4. The van der Waals surface area contributed by atoms with Gasteiger partial charge in [-0.05, 0) is 50.6 Å². The number of H-pyrrole nitrogens is 1. The number of fused-ring (bicyclic) bond motifs is 3. The zero-order valence-electron chi connectivity index (χ0n) is 19.5. The van der Waals surface area contributed by atoms with Gasteiger partial charge in [-0.2, -0.15) is 5.10 Å². The van der Waals surface area contributed by atoms with E-state index in [1.54, 1.807) is 7.11 Å². The minimum atomic E-state index is 0.568. The summed E-state index contributed by atoms with van der Waals surface area (Å²) in [6, 6.07) is 13.7. The Balaban J connectivity index is 1.39. The molecule has 0 unspecified atom stereocenters. The zero-order valence-corrected chi connectivity index (χ0v) is 19.5. The number of pyridine rings is 2. The number of nitrogens with one attached hydrogen (secondary N) is 1. The fourth-order valence-corrected chi connectivity index (χ4v) is 5.33. The van der Waals surface area contributed by atoms with Gasteiger partial charge in [0.2, 0.25) is 0 Å². The molecule has 0 spiro atoms. The van der Waals surface area contributed by atoms with Crippen LogP contribution in [0.4, 0.5) is 5.82 Å². The molecule has 168 valence electrons. The van der Waals surface area contributed by atoms with Gasteiger partial charge in [-0.25, -0.2) is 9.97 Å². The van der Waals surface area contributed by atoms with Gasteiger partial charge in [0.25, 0.3) is 0 Å². The second-order valence-corrected chi connectivity index (χ2v) is 9.30. The van der Waals surface area contributed by atoms with E-state index in [0.717, 1.165) is 58.2 Å². The Kier molecular flexibility index (Phi) is 4.62. The van der Waals surface area contributed by atoms with Gasteiger partial charge in [0.15, 0.2) is 0 Å². The van der Waals surface area contributed by atoms with Crippen molar-refractivity contribution >= 4 is 16.9 Å². The van der Waals surface area contributed by atoms with Gasteiger partial charge in [-0.3, -0.25) is 10.00 Å². The molecule has 7 nitrogen and oxygen atoms in total. The number of aromatic amines is 1. The maximum absolute atomic E-state index is 5.69. The second-order valence-electron chi connectivity index (χ2n) is 9.30. The number of ether oxygens (including phenoxy) is 1. The first-order chi connectivity index (χ1) is 16.0. The molecule has 2 saturated heterocycles. The third-order valence-corrected chi connectivity index (χ3v) is 7.41. The van der Waals surface area contributed by atoms with Gasteiger partial charge in [0.05, 0.1) is 12.6 Å². The van der Waals surface area contributed by atoms with Crippen LogP contribution in [0.5, 0.6) is 5.75 Å². The molecule has 1 N–H and O–H groups in total. The Labute approximate surface area is 193 Å². The molecular formula is C26H28N6O. The highest BCUT2D eigenvalue weighted by atomic mass is 16.5. The first kappa shape index (κ1) is 20.2. The van der Waals surface area contributed by atoms with Crippen molar-refractivity contribution in [2.24, 2.45) is 0 Å². The molecule has 2 aliphatic rings. The average molecular weight is 441 g/mol. The van der Waals surface area contributed by atoms with Crippen LogP contribution in [0.3, 0.4) is 0 Å². The van der Waals surface area contributed by atoms with E-state index in [9.17, 15) is 0 Å². The van der Waals surface area contributed by atoms with E-state index in [-0.39, 0.29) is 0 Å². The summed E-state index contributed by atoms with van der Waals surface area (Å²) < 4.78 is 5.69. The van der Waals surface area contributed by atoms with Gasteiger partial charge < -0.3 is 9.64 Å². The summed E-state index contributed by atoms with van der Waals surface area (Å²) in [5, 5.41) is 7.71. The van der Waals surface area contributed by atoms with E-state index < -0.39 is 0 Å². The normalized spacial score (nSPS) is 20.2. The molecule has 5 heterocycles. The smallest absolute Gasteiger partial charge is 0.147 e. The van der Waals surface area contributed by atoms with E-state index >= 15 is 0 Å². The van der Waals surface area contributed by atoms with Crippen molar-refractivity contribution in [1.29, 1.82) is 0 Å². The molecule has 0 saturated carbocycles. The van der Waals surface area contributed by atoms with Gasteiger partial charge in [-0.1, -0.05) is 18.2 Å². The summed E-state index contributed by atoms with van der Waals surface area (Å²) >= 11 is 0. The number of anilines is 1. The number of methoxy groups -OCH3 is 1. The molecule has 2 aliphatic heterocycles. The van der Waals surface area contributed by atoms with Crippen LogP contribution in [0.25, 0.3) is 33.5 Å². The molecule has 0 aliphatic carbocycles. The van der Waals surface area contributed by atoms with Crippen LogP contribution in [0.15, 0.2) is 42.6 Å². The van der Waals surface area contributed by atoms with Crippen molar-refractivity contribution in [2.45, 2.75) is 32.4 Å². The van der Waals surface area contributed by atoms with Crippen LogP contribution in [-0.2, 0) is 0 Å². The van der Waals surface area contributed by atoms with Crippen molar-refractivity contribution in [2.75, 3.05) is 32.1 Å². The van der Waals surface area contributed by atoms with Crippen LogP contribution >= 0.6 is 0 Å². The molecule has 33 heavy (non-hydrogen) atoms. The van der Waals surface area contributed by atoms with Gasteiger partial charge in [0, 0.05) is 48.6 Å². The van der Waals surface area contributed by atoms with E-state index in [4.69, 9.17) is 14.7 Å². The molecule has 7 heteroatoms. The van der Waals surface area contributed by atoms with E-state index in [1.165, 1.54) is 17.5 Å². The van der Waals surface area contributed by atoms with E-state index in [2.05, 4.69) is 71.2 Å². The summed E-state index contributed by atoms with van der Waals surface area (Å²) in [5.41, 5.74) is 7.76. The summed E-state index contributed by atoms with van der Waals surface area (Å²) in [7, 11) is 3.90. The highest BCUT2D eigenvalue weighted by Gasteiger charge is 2.41. The lowest BCUT2D eigenvalue weighted by molar-refractivity contribution is 0.292. The highest BCUT2D eigenvalue weighted by Crippen LogP contribution is 2.37. The van der Waals surface area contributed by atoms with Gasteiger partial charge in [-0.15, -0.1) is 0 Å². The Morgan fingerprint density at radius 3 is 2.64 bits per heavy atom. The number of hydrogen-bond acceptors (Lipinski definition) is 6. The van der Waals surface area contributed by atoms with Crippen LogP contribution in [0.1, 0.15) is 17.5 Å². The highest BCUT2D eigenvalue weighted by molar-refractivity contribution is 5.93. The number of aryl methyl sites for hydroxylation is 1. The number of likely N-dealkylation sites (N-methyl/N-ethyl adjacent to an activating group) is 1. The van der Waals surface area contributed by atoms with Crippen LogP contribution < -0.4 is 9.64 Å². The second kappa shape index (κ2) is 7.56. The Morgan fingerprint density at radius 2 is 1.94 bits per heavy atom. The zero-order chi connectivity index (χ0) is 22.7. The average Bonchev–Trinajstić information content (AvgIpc) is 3.53. The third-order valence-electron chi connectivity index (χ3n) is 7.41. The SMILES string of the molecule is COc1cc2[nH]nc(-c3ccc(N4C[C@@H]5C[C@H]4CN5C)nc3)c2nc1-c1cccc(C)c1C. The summed E-state index contributed by atoms with van der Waals surface area (Å²) in [4.78, 5) is 14.7. The van der Waals surface area contributed by atoms with E-state index in [0.29, 0.717) is 12.1 Å². The fourth-order valence-electron chi connectivity index (χ4n) is 5.33. The van der Waals surface area contributed by atoms with Crippen LogP contribution in [-0.4, -0.2) is 64.4 Å². The lowest BCUT2D eigenvalue weighted by atomic mass is 9.99. The molecule has 4 aromatic rings. The van der Waals surface area contributed by atoms with Crippen molar-refractivity contribution in [3.8, 4) is 28.3 Å². The first-order valence-electron chi connectivity index (χ1n) is 11.5. The Hall–Kier alpha value is -3.45. The quantitative estimate of drug-likeness (QED) is 0.513. The fraction of sp³-hybridized carbons (Fsp3) is 0.346. The Morgan fingerprint density at radius 1 is 1.06 bits per heavy atom. The predicted molar refractivity (Wildman–Crippen MR) is 131 cm³/mol. The number of hydrogen-bond donors (Lipinski definition) is 1. The van der Waals surface area contributed by atoms with Crippen molar-refractivity contribution < 1.29 is 4.74 Å². The van der Waals surface area contributed by atoms with Gasteiger partial charge >= 0.3 is 0 Å². The molecule has 0 radical (unpaired) electrons. The summed E-state index contributed by atoms with van der Waals surface area (Å²) in [6.07, 6.45) is 3.15. The summed E-state index contributed by atoms with van der Waals surface area (Å²) in [6.45, 7) is 6.41. The molecule has 2 fully saturated rings.